The van der Waals surface area contributed by atoms with Crippen LogP contribution in [0.3, 0.4) is 0 Å². The minimum atomic E-state index is -0.412. The Bertz CT molecular complexity index is 718. The summed E-state index contributed by atoms with van der Waals surface area (Å²) in [6.45, 7) is 8.73. The molecule has 1 heterocycles. The number of carbonyl (C=O) groups is 2. The van der Waals surface area contributed by atoms with Crippen molar-refractivity contribution in [3.05, 3.63) is 42.0 Å². The molecule has 1 aromatic rings. The fourth-order valence-corrected chi connectivity index (χ4v) is 3.95. The second kappa shape index (κ2) is 7.14. The molecule has 26 heavy (non-hydrogen) atoms. The van der Waals surface area contributed by atoms with Crippen LogP contribution in [0, 0.1) is 0 Å². The van der Waals surface area contributed by atoms with Gasteiger partial charge in [-0.15, -0.1) is 0 Å². The first-order chi connectivity index (χ1) is 12.4. The van der Waals surface area contributed by atoms with Gasteiger partial charge >= 0.3 is 0 Å². The van der Waals surface area contributed by atoms with Gasteiger partial charge in [-0.25, -0.2) is 0 Å². The molecular weight excluding hydrogens is 328 g/mol. The summed E-state index contributed by atoms with van der Waals surface area (Å²) in [6.07, 6.45) is 6.22. The molecule has 0 spiro atoms. The van der Waals surface area contributed by atoms with E-state index in [4.69, 9.17) is 4.74 Å². The number of hydrogen-bond donors (Lipinski definition) is 2. The largest absolute Gasteiger partial charge is 0.492 e. The van der Waals surface area contributed by atoms with Crippen molar-refractivity contribution in [2.24, 2.45) is 0 Å². The van der Waals surface area contributed by atoms with E-state index < -0.39 is 5.54 Å². The molecule has 2 aliphatic rings. The van der Waals surface area contributed by atoms with Gasteiger partial charge in [-0.05, 0) is 25.0 Å². The van der Waals surface area contributed by atoms with Gasteiger partial charge in [0.15, 0.2) is 0 Å². The standard InChI is InChI=1S/C21H28N2O3/c1-4-17(24)22-13-21(11-6-5-7-12-21)23-19(25)15-9-8-10-16-18(15)26-14-20(16,2)3/h4,8-10H,1,5-7,11-14H2,2-3H3,(H,22,24)(H,23,25). The summed E-state index contributed by atoms with van der Waals surface area (Å²) in [5.41, 5.74) is 1.15. The van der Waals surface area contributed by atoms with Gasteiger partial charge in [0.1, 0.15) is 5.75 Å². The van der Waals surface area contributed by atoms with Gasteiger partial charge in [0.25, 0.3) is 5.91 Å². The second-order valence-corrected chi connectivity index (χ2v) is 8.07. The number of fused-ring (bicyclic) bond motifs is 1. The van der Waals surface area contributed by atoms with Crippen LogP contribution >= 0.6 is 0 Å². The van der Waals surface area contributed by atoms with Crippen LogP contribution in [0.1, 0.15) is 61.9 Å². The summed E-state index contributed by atoms with van der Waals surface area (Å²) in [5.74, 6) is 0.347. The van der Waals surface area contributed by atoms with Crippen LogP contribution in [0.5, 0.6) is 5.75 Å². The fraction of sp³-hybridized carbons (Fsp3) is 0.524. The predicted octanol–water partition coefficient (Wildman–Crippen LogP) is 3.09. The number of nitrogens with one attached hydrogen (secondary N) is 2. The van der Waals surface area contributed by atoms with E-state index in [1.54, 1.807) is 0 Å². The number of hydrogen-bond acceptors (Lipinski definition) is 3. The molecule has 3 rings (SSSR count). The smallest absolute Gasteiger partial charge is 0.255 e. The maximum Gasteiger partial charge on any atom is 0.255 e. The zero-order valence-electron chi connectivity index (χ0n) is 15.7. The minimum absolute atomic E-state index is 0.0912. The Morgan fingerprint density at radius 2 is 1.96 bits per heavy atom. The first kappa shape index (κ1) is 18.5. The Balaban J connectivity index is 1.82. The van der Waals surface area contributed by atoms with Gasteiger partial charge < -0.3 is 15.4 Å². The lowest BCUT2D eigenvalue weighted by Gasteiger charge is -2.38. The van der Waals surface area contributed by atoms with E-state index in [-0.39, 0.29) is 17.2 Å². The average Bonchev–Trinajstić information content (AvgIpc) is 2.95. The molecule has 0 radical (unpaired) electrons. The number of benzene rings is 1. The Kier molecular flexibility index (Phi) is 5.08. The number of carbonyl (C=O) groups excluding carboxylic acids is 2. The van der Waals surface area contributed by atoms with Crippen molar-refractivity contribution in [2.45, 2.75) is 56.9 Å². The zero-order chi connectivity index (χ0) is 18.8. The molecule has 2 N–H and O–H groups in total. The molecule has 0 aromatic heterocycles. The Morgan fingerprint density at radius 1 is 1.23 bits per heavy atom. The molecule has 0 atom stereocenters. The van der Waals surface area contributed by atoms with E-state index in [1.165, 1.54) is 6.08 Å². The SMILES string of the molecule is C=CC(=O)NCC1(NC(=O)c2cccc3c2OCC3(C)C)CCCCC1. The predicted molar refractivity (Wildman–Crippen MR) is 101 cm³/mol. The summed E-state index contributed by atoms with van der Waals surface area (Å²) in [5, 5.41) is 6.08. The van der Waals surface area contributed by atoms with Crippen LogP contribution < -0.4 is 15.4 Å². The molecule has 1 aromatic carbocycles. The van der Waals surface area contributed by atoms with E-state index in [9.17, 15) is 9.59 Å². The first-order valence-corrected chi connectivity index (χ1v) is 9.36. The van der Waals surface area contributed by atoms with Crippen LogP contribution in [0.2, 0.25) is 0 Å². The molecule has 5 nitrogen and oxygen atoms in total. The lowest BCUT2D eigenvalue weighted by Crippen LogP contribution is -2.56. The third kappa shape index (κ3) is 3.62. The number of amides is 2. The lowest BCUT2D eigenvalue weighted by atomic mass is 9.81. The summed E-state index contributed by atoms with van der Waals surface area (Å²) in [4.78, 5) is 24.7. The monoisotopic (exact) mass is 356 g/mol. The molecule has 0 unspecified atom stereocenters. The molecule has 0 bridgehead atoms. The second-order valence-electron chi connectivity index (χ2n) is 8.07. The van der Waals surface area contributed by atoms with Crippen LogP contribution in [0.15, 0.2) is 30.9 Å². The number of para-hydroxylation sites is 1. The van der Waals surface area contributed by atoms with Crippen molar-refractivity contribution in [3.8, 4) is 5.75 Å². The highest BCUT2D eigenvalue weighted by atomic mass is 16.5. The third-order valence-electron chi connectivity index (χ3n) is 5.54. The van der Waals surface area contributed by atoms with Crippen molar-refractivity contribution in [2.75, 3.05) is 13.2 Å². The van der Waals surface area contributed by atoms with Crippen LogP contribution in [-0.2, 0) is 10.2 Å². The molecule has 2 amide bonds. The van der Waals surface area contributed by atoms with Crippen LogP contribution in [0.4, 0.5) is 0 Å². The van der Waals surface area contributed by atoms with Crippen molar-refractivity contribution >= 4 is 11.8 Å². The summed E-state index contributed by atoms with van der Waals surface area (Å²) in [6, 6.07) is 5.76. The average molecular weight is 356 g/mol. The van der Waals surface area contributed by atoms with Gasteiger partial charge in [-0.3, -0.25) is 9.59 Å². The van der Waals surface area contributed by atoms with Crippen LogP contribution in [-0.4, -0.2) is 30.5 Å². The first-order valence-electron chi connectivity index (χ1n) is 9.36. The Labute approximate surface area is 155 Å². The van der Waals surface area contributed by atoms with E-state index in [1.807, 2.05) is 18.2 Å². The normalized spacial score (nSPS) is 19.8. The minimum Gasteiger partial charge on any atom is -0.492 e. The highest BCUT2D eigenvalue weighted by Gasteiger charge is 2.38. The molecule has 1 aliphatic carbocycles. The summed E-state index contributed by atoms with van der Waals surface area (Å²) >= 11 is 0. The van der Waals surface area contributed by atoms with Crippen LogP contribution in [0.25, 0.3) is 0 Å². The summed E-state index contributed by atoms with van der Waals surface area (Å²) < 4.78 is 5.86. The van der Waals surface area contributed by atoms with E-state index >= 15 is 0 Å². The Hall–Kier alpha value is -2.30. The van der Waals surface area contributed by atoms with Crippen molar-refractivity contribution in [3.63, 3.8) is 0 Å². The molecule has 140 valence electrons. The van der Waals surface area contributed by atoms with E-state index in [0.717, 1.165) is 37.7 Å². The van der Waals surface area contributed by atoms with Gasteiger partial charge in [0.2, 0.25) is 5.91 Å². The maximum atomic E-state index is 13.1. The quantitative estimate of drug-likeness (QED) is 0.797. The lowest BCUT2D eigenvalue weighted by molar-refractivity contribution is -0.116. The highest BCUT2D eigenvalue weighted by molar-refractivity contribution is 5.98. The van der Waals surface area contributed by atoms with Gasteiger partial charge in [-0.2, -0.15) is 0 Å². The van der Waals surface area contributed by atoms with E-state index in [0.29, 0.717) is 24.5 Å². The molecule has 1 aliphatic heterocycles. The van der Waals surface area contributed by atoms with Crippen molar-refractivity contribution in [1.82, 2.24) is 10.6 Å². The number of rotatable bonds is 5. The molecule has 1 fully saturated rings. The topological polar surface area (TPSA) is 67.4 Å². The highest BCUT2D eigenvalue weighted by Crippen LogP contribution is 2.40. The molecular formula is C21H28N2O3. The van der Waals surface area contributed by atoms with Gasteiger partial charge in [-0.1, -0.05) is 51.8 Å². The Morgan fingerprint density at radius 3 is 2.65 bits per heavy atom. The molecule has 5 heteroatoms. The molecule has 1 saturated carbocycles. The van der Waals surface area contributed by atoms with Crippen molar-refractivity contribution in [1.29, 1.82) is 0 Å². The summed E-state index contributed by atoms with van der Waals surface area (Å²) in [7, 11) is 0. The van der Waals surface area contributed by atoms with Crippen molar-refractivity contribution < 1.29 is 14.3 Å². The van der Waals surface area contributed by atoms with Gasteiger partial charge in [0.05, 0.1) is 17.7 Å². The third-order valence-corrected chi connectivity index (χ3v) is 5.54. The molecule has 0 saturated heterocycles. The zero-order valence-corrected chi connectivity index (χ0v) is 15.7. The fourth-order valence-electron chi connectivity index (χ4n) is 3.95. The number of ether oxygens (including phenoxy) is 1. The van der Waals surface area contributed by atoms with Gasteiger partial charge in [0, 0.05) is 17.5 Å². The van der Waals surface area contributed by atoms with E-state index in [2.05, 4.69) is 31.1 Å². The maximum absolute atomic E-state index is 13.1.